The molecule has 0 saturated heterocycles. The van der Waals surface area contributed by atoms with E-state index in [0.29, 0.717) is 22.3 Å². The molecule has 0 bridgehead atoms. The van der Waals surface area contributed by atoms with Crippen LogP contribution in [0.1, 0.15) is 36.6 Å². The Balaban J connectivity index is 1.48. The Morgan fingerprint density at radius 2 is 1.31 bits per heavy atom. The summed E-state index contributed by atoms with van der Waals surface area (Å²) in [5, 5.41) is 0. The summed E-state index contributed by atoms with van der Waals surface area (Å²) in [7, 11) is 3.76. The van der Waals surface area contributed by atoms with Gasteiger partial charge < -0.3 is 4.90 Å². The van der Waals surface area contributed by atoms with Crippen molar-refractivity contribution in [2.24, 2.45) is 0 Å². The van der Waals surface area contributed by atoms with Crippen LogP contribution in [-0.2, 0) is 0 Å². The molecule has 0 radical (unpaired) electrons. The Kier molecular flexibility index (Phi) is 4.60. The first-order valence-electron chi connectivity index (χ1n) is 9.12. The molecule has 0 atom stereocenters. The van der Waals surface area contributed by atoms with E-state index in [1.54, 1.807) is 42.5 Å². The lowest BCUT2D eigenvalue weighted by Crippen LogP contribution is -2.41. The molecule has 2 amide bonds. The van der Waals surface area contributed by atoms with Crippen molar-refractivity contribution in [3.05, 3.63) is 89.0 Å². The highest BCUT2D eigenvalue weighted by atomic mass is 16.2. The van der Waals surface area contributed by atoms with Crippen molar-refractivity contribution in [1.82, 2.24) is 10.9 Å². The standard InChI is InChI=1S/C23H19N3O3/c1-26(2)16-7-5-6-14(12-16)22(28)24-25-23(29)15-10-11-18-17-8-3-4-9-19(17)21(27)20(18)13-15/h3-13H,1-2H3,(H,24,28)(H,25,29). The molecule has 0 spiro atoms. The number of carbonyl (C=O) groups excluding carboxylic acids is 3. The van der Waals surface area contributed by atoms with Gasteiger partial charge >= 0.3 is 0 Å². The van der Waals surface area contributed by atoms with E-state index in [2.05, 4.69) is 10.9 Å². The van der Waals surface area contributed by atoms with E-state index in [9.17, 15) is 14.4 Å². The number of benzene rings is 3. The number of rotatable bonds is 3. The number of nitrogens with zero attached hydrogens (tertiary/aromatic N) is 1. The van der Waals surface area contributed by atoms with Crippen molar-refractivity contribution in [3.8, 4) is 11.1 Å². The third kappa shape index (κ3) is 3.36. The van der Waals surface area contributed by atoms with Gasteiger partial charge in [-0.1, -0.05) is 36.4 Å². The number of hydrogen-bond acceptors (Lipinski definition) is 4. The average molecular weight is 385 g/mol. The van der Waals surface area contributed by atoms with Crippen LogP contribution in [0.5, 0.6) is 0 Å². The Bertz CT molecular complexity index is 1150. The van der Waals surface area contributed by atoms with Gasteiger partial charge in [-0.15, -0.1) is 0 Å². The number of amides is 2. The summed E-state index contributed by atoms with van der Waals surface area (Å²) in [6, 6.07) is 19.4. The van der Waals surface area contributed by atoms with E-state index in [1.807, 2.05) is 43.3 Å². The van der Waals surface area contributed by atoms with E-state index >= 15 is 0 Å². The van der Waals surface area contributed by atoms with Crippen LogP contribution in [0.25, 0.3) is 11.1 Å². The quantitative estimate of drug-likeness (QED) is 0.532. The van der Waals surface area contributed by atoms with E-state index in [0.717, 1.165) is 16.8 Å². The number of nitrogens with one attached hydrogen (secondary N) is 2. The normalized spacial score (nSPS) is 11.4. The SMILES string of the molecule is CN(C)c1cccc(C(=O)NNC(=O)c2ccc3c(c2)C(=O)c2ccccc2-3)c1. The predicted octanol–water partition coefficient (Wildman–Crippen LogP) is 3.04. The second-order valence-electron chi connectivity index (χ2n) is 6.99. The summed E-state index contributed by atoms with van der Waals surface area (Å²) in [5.41, 5.74) is 9.23. The summed E-state index contributed by atoms with van der Waals surface area (Å²) in [6.45, 7) is 0. The van der Waals surface area contributed by atoms with Gasteiger partial charge in [-0.3, -0.25) is 25.2 Å². The maximum absolute atomic E-state index is 12.6. The Morgan fingerprint density at radius 3 is 2.00 bits per heavy atom. The van der Waals surface area contributed by atoms with Crippen LogP contribution in [-0.4, -0.2) is 31.7 Å². The van der Waals surface area contributed by atoms with Crippen molar-refractivity contribution < 1.29 is 14.4 Å². The summed E-state index contributed by atoms with van der Waals surface area (Å²) in [6.07, 6.45) is 0. The molecule has 0 saturated carbocycles. The predicted molar refractivity (Wildman–Crippen MR) is 111 cm³/mol. The maximum Gasteiger partial charge on any atom is 0.269 e. The van der Waals surface area contributed by atoms with Gasteiger partial charge in [0.1, 0.15) is 0 Å². The monoisotopic (exact) mass is 385 g/mol. The van der Waals surface area contributed by atoms with Crippen LogP contribution in [0.2, 0.25) is 0 Å². The summed E-state index contributed by atoms with van der Waals surface area (Å²) < 4.78 is 0. The molecule has 1 aliphatic carbocycles. The van der Waals surface area contributed by atoms with Crippen molar-refractivity contribution in [3.63, 3.8) is 0 Å². The first-order chi connectivity index (χ1) is 14.0. The minimum Gasteiger partial charge on any atom is -0.378 e. The highest BCUT2D eigenvalue weighted by Crippen LogP contribution is 2.36. The van der Waals surface area contributed by atoms with Crippen molar-refractivity contribution in [2.75, 3.05) is 19.0 Å². The molecule has 0 aliphatic heterocycles. The molecule has 0 unspecified atom stereocenters. The van der Waals surface area contributed by atoms with Crippen LogP contribution < -0.4 is 15.8 Å². The topological polar surface area (TPSA) is 78.5 Å². The van der Waals surface area contributed by atoms with Gasteiger partial charge in [-0.2, -0.15) is 0 Å². The number of hydrazine groups is 1. The molecule has 3 aromatic rings. The minimum absolute atomic E-state index is 0.102. The third-order valence-corrected chi connectivity index (χ3v) is 4.90. The van der Waals surface area contributed by atoms with Crippen molar-refractivity contribution in [2.45, 2.75) is 0 Å². The van der Waals surface area contributed by atoms with E-state index in [-0.39, 0.29) is 5.78 Å². The molecule has 6 heteroatoms. The first-order valence-corrected chi connectivity index (χ1v) is 9.12. The second kappa shape index (κ2) is 7.24. The summed E-state index contributed by atoms with van der Waals surface area (Å²) >= 11 is 0. The van der Waals surface area contributed by atoms with Gasteiger partial charge in [0, 0.05) is 42.0 Å². The molecule has 29 heavy (non-hydrogen) atoms. The highest BCUT2D eigenvalue weighted by Gasteiger charge is 2.27. The molecule has 0 heterocycles. The highest BCUT2D eigenvalue weighted by molar-refractivity contribution is 6.22. The molecule has 144 valence electrons. The van der Waals surface area contributed by atoms with Crippen LogP contribution in [0.15, 0.2) is 66.7 Å². The summed E-state index contributed by atoms with van der Waals surface area (Å²) in [5.74, 6) is -1.02. The fourth-order valence-corrected chi connectivity index (χ4v) is 3.35. The molecular weight excluding hydrogens is 366 g/mol. The van der Waals surface area contributed by atoms with Crippen LogP contribution in [0.3, 0.4) is 0 Å². The lowest BCUT2D eigenvalue weighted by atomic mass is 10.0. The van der Waals surface area contributed by atoms with Gasteiger partial charge in [-0.25, -0.2) is 0 Å². The number of hydrogen-bond donors (Lipinski definition) is 2. The molecule has 4 rings (SSSR count). The van der Waals surface area contributed by atoms with Gasteiger partial charge in [-0.05, 0) is 41.5 Å². The fourth-order valence-electron chi connectivity index (χ4n) is 3.35. The number of fused-ring (bicyclic) bond motifs is 3. The Hall–Kier alpha value is -3.93. The molecule has 3 aromatic carbocycles. The van der Waals surface area contributed by atoms with Crippen LogP contribution in [0, 0.1) is 0 Å². The Labute approximate surface area is 168 Å². The zero-order valence-electron chi connectivity index (χ0n) is 16.0. The summed E-state index contributed by atoms with van der Waals surface area (Å²) in [4.78, 5) is 39.3. The molecule has 0 aromatic heterocycles. The lowest BCUT2D eigenvalue weighted by molar-refractivity contribution is 0.0846. The zero-order valence-corrected chi connectivity index (χ0v) is 16.0. The van der Waals surface area contributed by atoms with Gasteiger partial charge in [0.2, 0.25) is 0 Å². The van der Waals surface area contributed by atoms with Crippen LogP contribution in [0.4, 0.5) is 5.69 Å². The van der Waals surface area contributed by atoms with Gasteiger partial charge in [0.15, 0.2) is 5.78 Å². The van der Waals surface area contributed by atoms with Gasteiger partial charge in [0.05, 0.1) is 0 Å². The van der Waals surface area contributed by atoms with E-state index in [4.69, 9.17) is 0 Å². The Morgan fingerprint density at radius 1 is 0.690 bits per heavy atom. The van der Waals surface area contributed by atoms with Gasteiger partial charge in [0.25, 0.3) is 11.8 Å². The average Bonchev–Trinajstić information content (AvgIpc) is 3.04. The van der Waals surface area contributed by atoms with Crippen molar-refractivity contribution in [1.29, 1.82) is 0 Å². The van der Waals surface area contributed by atoms with Crippen LogP contribution >= 0.6 is 0 Å². The number of carbonyl (C=O) groups is 3. The molecule has 2 N–H and O–H groups in total. The molecule has 0 fully saturated rings. The largest absolute Gasteiger partial charge is 0.378 e. The zero-order chi connectivity index (χ0) is 20.5. The molecule has 6 nitrogen and oxygen atoms in total. The smallest absolute Gasteiger partial charge is 0.269 e. The first kappa shape index (κ1) is 18.4. The molecular formula is C23H19N3O3. The lowest BCUT2D eigenvalue weighted by Gasteiger charge is -2.14. The fraction of sp³-hybridized carbons (Fsp3) is 0.0870. The molecule has 1 aliphatic rings. The van der Waals surface area contributed by atoms with E-state index < -0.39 is 11.8 Å². The second-order valence-corrected chi connectivity index (χ2v) is 6.99. The number of anilines is 1. The minimum atomic E-state index is -0.492. The number of ketones is 1. The van der Waals surface area contributed by atoms with Crippen molar-refractivity contribution >= 4 is 23.3 Å². The third-order valence-electron chi connectivity index (χ3n) is 4.90. The van der Waals surface area contributed by atoms with E-state index in [1.165, 1.54) is 0 Å². The maximum atomic E-state index is 12.6.